The molecule has 2 aromatic heterocycles. The zero-order valence-corrected chi connectivity index (χ0v) is 25.3. The molecule has 236 valence electrons. The molecule has 0 bridgehead atoms. The number of carbonyl (C=O) groups excluding carboxylic acids is 5. The van der Waals surface area contributed by atoms with Gasteiger partial charge < -0.3 is 20.0 Å². The largest absolute Gasteiger partial charge is 0.459 e. The molecule has 2 aromatic carbocycles. The molecular weight excluding hydrogens is 588 g/mol. The zero-order chi connectivity index (χ0) is 32.2. The third-order valence-electron chi connectivity index (χ3n) is 8.27. The molecule has 12 nitrogen and oxygen atoms in total. The summed E-state index contributed by atoms with van der Waals surface area (Å²) in [6, 6.07) is 16.9. The molecule has 0 radical (unpaired) electrons. The number of likely N-dealkylation sites (N-methyl/N-ethyl adjacent to an activating group) is 1. The molecule has 4 aromatic rings. The Bertz CT molecular complexity index is 1770. The predicted octanol–water partition coefficient (Wildman–Crippen LogP) is 3.26. The number of benzene rings is 2. The second-order valence-corrected chi connectivity index (χ2v) is 11.5. The van der Waals surface area contributed by atoms with Crippen LogP contribution in [0, 0.1) is 0 Å². The van der Waals surface area contributed by atoms with Crippen molar-refractivity contribution in [2.75, 3.05) is 32.0 Å². The molecule has 2 aliphatic heterocycles. The Hall–Kier alpha value is -5.36. The first-order valence-corrected chi connectivity index (χ1v) is 15.2. The third kappa shape index (κ3) is 6.38. The summed E-state index contributed by atoms with van der Waals surface area (Å²) in [5, 5.41) is 9.52. The van der Waals surface area contributed by atoms with E-state index in [4.69, 9.17) is 4.42 Å². The number of para-hydroxylation sites is 1. The highest BCUT2D eigenvalue weighted by atomic mass is 16.3. The summed E-state index contributed by atoms with van der Waals surface area (Å²) in [5.74, 6) is -1.62. The van der Waals surface area contributed by atoms with E-state index in [-0.39, 0.29) is 29.9 Å². The number of fused-ring (bicyclic) bond motifs is 2. The fourth-order valence-corrected chi connectivity index (χ4v) is 5.91. The molecule has 0 saturated carbocycles. The van der Waals surface area contributed by atoms with Gasteiger partial charge in [-0.1, -0.05) is 30.3 Å². The quantitative estimate of drug-likeness (QED) is 0.202. The molecule has 1 fully saturated rings. The van der Waals surface area contributed by atoms with Gasteiger partial charge in [0.25, 0.3) is 11.8 Å². The molecule has 2 atom stereocenters. The van der Waals surface area contributed by atoms with Gasteiger partial charge in [0, 0.05) is 55.0 Å². The van der Waals surface area contributed by atoms with Crippen LogP contribution in [-0.2, 0) is 14.4 Å². The van der Waals surface area contributed by atoms with Gasteiger partial charge in [-0.3, -0.25) is 39.2 Å². The van der Waals surface area contributed by atoms with Crippen molar-refractivity contribution >= 4 is 46.2 Å². The van der Waals surface area contributed by atoms with E-state index in [1.807, 2.05) is 49.5 Å². The first-order chi connectivity index (χ1) is 22.3. The Labute approximate surface area is 265 Å². The van der Waals surface area contributed by atoms with Crippen LogP contribution >= 0.6 is 0 Å². The van der Waals surface area contributed by atoms with Gasteiger partial charge in [0.1, 0.15) is 23.4 Å². The highest BCUT2D eigenvalue weighted by Crippen LogP contribution is 2.32. The van der Waals surface area contributed by atoms with Gasteiger partial charge in [-0.05, 0) is 56.8 Å². The van der Waals surface area contributed by atoms with Crippen LogP contribution in [0.15, 0.2) is 77.5 Å². The molecule has 0 aliphatic carbocycles. The molecule has 46 heavy (non-hydrogen) atoms. The van der Waals surface area contributed by atoms with Crippen LogP contribution in [0.4, 0.5) is 5.69 Å². The van der Waals surface area contributed by atoms with Crippen molar-refractivity contribution in [2.24, 2.45) is 0 Å². The number of hydrogen-bond acceptors (Lipinski definition) is 9. The SMILES string of the molecule is CN(CCCC(=O)NC(c1cccnc1)c1cc2ccccc2o1)CCNc1cccc2c1C(=O)N(C1CCC(=O)NC1=O)C2=O. The van der Waals surface area contributed by atoms with Gasteiger partial charge in [-0.15, -0.1) is 0 Å². The number of furan rings is 1. The summed E-state index contributed by atoms with van der Waals surface area (Å²) in [7, 11) is 1.95. The average Bonchev–Trinajstić information content (AvgIpc) is 3.59. The van der Waals surface area contributed by atoms with E-state index < -0.39 is 35.7 Å². The summed E-state index contributed by atoms with van der Waals surface area (Å²) in [4.78, 5) is 70.6. The Morgan fingerprint density at radius 2 is 1.91 bits per heavy atom. The van der Waals surface area contributed by atoms with Crippen molar-refractivity contribution in [3.8, 4) is 0 Å². The average molecular weight is 623 g/mol. The number of rotatable bonds is 12. The minimum Gasteiger partial charge on any atom is -0.459 e. The van der Waals surface area contributed by atoms with Crippen molar-refractivity contribution in [3.63, 3.8) is 0 Å². The monoisotopic (exact) mass is 622 g/mol. The van der Waals surface area contributed by atoms with Crippen LogP contribution < -0.4 is 16.0 Å². The fourth-order valence-electron chi connectivity index (χ4n) is 5.91. The zero-order valence-electron chi connectivity index (χ0n) is 25.3. The van der Waals surface area contributed by atoms with Crippen molar-refractivity contribution < 1.29 is 28.4 Å². The summed E-state index contributed by atoms with van der Waals surface area (Å²) in [5.41, 5.74) is 2.53. The maximum Gasteiger partial charge on any atom is 0.264 e. The van der Waals surface area contributed by atoms with Crippen molar-refractivity contribution in [2.45, 2.75) is 37.8 Å². The smallest absolute Gasteiger partial charge is 0.264 e. The van der Waals surface area contributed by atoms with Gasteiger partial charge in [0.2, 0.25) is 17.7 Å². The van der Waals surface area contributed by atoms with E-state index in [1.54, 1.807) is 30.6 Å². The highest BCUT2D eigenvalue weighted by molar-refractivity contribution is 6.25. The standard InChI is InChI=1S/C34H34N6O6/c1-39(17-6-12-28(41)37-31(22-8-5-15-35-20-22)27-19-21-7-2-3-11-26(21)46-27)18-16-36-24-10-4-9-23-30(24)34(45)40(33(23)44)25-13-14-29(42)38-32(25)43/h2-5,7-11,15,19-20,25,31,36H,6,12-14,16-18H2,1H3,(H,37,41)(H,38,42,43). The summed E-state index contributed by atoms with van der Waals surface area (Å²) >= 11 is 0. The first kappa shape index (κ1) is 30.7. The van der Waals surface area contributed by atoms with E-state index in [0.717, 1.165) is 21.4 Å². The van der Waals surface area contributed by atoms with Gasteiger partial charge in [0.05, 0.1) is 11.1 Å². The van der Waals surface area contributed by atoms with Crippen molar-refractivity contribution in [1.82, 2.24) is 25.4 Å². The van der Waals surface area contributed by atoms with E-state index in [2.05, 4.69) is 25.8 Å². The van der Waals surface area contributed by atoms with Crippen LogP contribution in [0.3, 0.4) is 0 Å². The predicted molar refractivity (Wildman–Crippen MR) is 169 cm³/mol. The summed E-state index contributed by atoms with van der Waals surface area (Å²) in [6.07, 6.45) is 4.51. The van der Waals surface area contributed by atoms with Crippen molar-refractivity contribution in [1.29, 1.82) is 0 Å². The number of nitrogens with one attached hydrogen (secondary N) is 3. The number of pyridine rings is 1. The van der Waals surface area contributed by atoms with Gasteiger partial charge in [-0.25, -0.2) is 0 Å². The molecule has 1 saturated heterocycles. The molecule has 2 unspecified atom stereocenters. The molecule has 2 aliphatic rings. The fraction of sp³-hybridized carbons (Fsp3) is 0.294. The van der Waals surface area contributed by atoms with Crippen molar-refractivity contribution in [3.05, 3.63) is 95.5 Å². The van der Waals surface area contributed by atoms with Crippen LogP contribution in [0.5, 0.6) is 0 Å². The van der Waals surface area contributed by atoms with E-state index in [1.165, 1.54) is 0 Å². The Kier molecular flexibility index (Phi) is 8.88. The summed E-state index contributed by atoms with van der Waals surface area (Å²) in [6.45, 7) is 1.75. The van der Waals surface area contributed by atoms with Gasteiger partial charge >= 0.3 is 0 Å². The summed E-state index contributed by atoms with van der Waals surface area (Å²) < 4.78 is 6.06. The lowest BCUT2D eigenvalue weighted by molar-refractivity contribution is -0.136. The molecule has 3 N–H and O–H groups in total. The molecule has 0 spiro atoms. The highest BCUT2D eigenvalue weighted by Gasteiger charge is 2.45. The first-order valence-electron chi connectivity index (χ1n) is 15.2. The normalized spacial score (nSPS) is 16.9. The van der Waals surface area contributed by atoms with Crippen LogP contribution in [0.1, 0.15) is 63.8 Å². The minimum atomic E-state index is -1.01. The number of nitrogens with zero attached hydrogens (tertiary/aromatic N) is 3. The van der Waals surface area contributed by atoms with E-state index in [0.29, 0.717) is 43.9 Å². The van der Waals surface area contributed by atoms with Gasteiger partial charge in [-0.2, -0.15) is 0 Å². The second kappa shape index (κ2) is 13.3. The van der Waals surface area contributed by atoms with E-state index >= 15 is 0 Å². The number of amides is 5. The van der Waals surface area contributed by atoms with Crippen LogP contribution in [0.25, 0.3) is 11.0 Å². The second-order valence-electron chi connectivity index (χ2n) is 11.5. The number of hydrogen-bond donors (Lipinski definition) is 3. The molecule has 12 heteroatoms. The Morgan fingerprint density at radius 3 is 2.70 bits per heavy atom. The van der Waals surface area contributed by atoms with Gasteiger partial charge in [0.15, 0.2) is 0 Å². The number of imide groups is 2. The van der Waals surface area contributed by atoms with Crippen LogP contribution in [0.2, 0.25) is 0 Å². The molecule has 5 amide bonds. The Balaban J connectivity index is 1.00. The maximum absolute atomic E-state index is 13.3. The molecular formula is C34H34N6O6. The lowest BCUT2D eigenvalue weighted by atomic mass is 10.0. The molecule has 4 heterocycles. The topological polar surface area (TPSA) is 154 Å². The lowest BCUT2D eigenvalue weighted by Crippen LogP contribution is -2.54. The third-order valence-corrected chi connectivity index (χ3v) is 8.27. The lowest BCUT2D eigenvalue weighted by Gasteiger charge is -2.27. The van der Waals surface area contributed by atoms with E-state index in [9.17, 15) is 24.0 Å². The Morgan fingerprint density at radius 1 is 1.07 bits per heavy atom. The number of anilines is 1. The van der Waals surface area contributed by atoms with Crippen LogP contribution in [-0.4, -0.2) is 77.0 Å². The number of carbonyl (C=O) groups is 5. The maximum atomic E-state index is 13.3. The minimum absolute atomic E-state index is 0.0648. The number of aromatic nitrogens is 1. The number of piperidine rings is 1. The molecule has 6 rings (SSSR count).